The van der Waals surface area contributed by atoms with Gasteiger partial charge in [0.1, 0.15) is 0 Å². The van der Waals surface area contributed by atoms with E-state index in [1.54, 1.807) is 51.4 Å². The lowest BCUT2D eigenvalue weighted by Gasteiger charge is -2.35. The van der Waals surface area contributed by atoms with Crippen LogP contribution in [0.1, 0.15) is 117 Å². The summed E-state index contributed by atoms with van der Waals surface area (Å²) >= 11 is 0. The van der Waals surface area contributed by atoms with Crippen LogP contribution in [0.15, 0.2) is 0 Å². The Morgan fingerprint density at radius 3 is 1.54 bits per heavy atom. The zero-order chi connectivity index (χ0) is 22.8. The maximum atomic E-state index is 5.81. The predicted octanol–water partition coefficient (Wildman–Crippen LogP) is 8.26. The zero-order valence-electron chi connectivity index (χ0n) is 23.0. The highest BCUT2D eigenvalue weighted by molar-refractivity contribution is 5.85. The van der Waals surface area contributed by atoms with Crippen LogP contribution in [-0.2, 0) is 0 Å². The number of rotatable bonds is 12. The maximum Gasteiger partial charge on any atom is 0.00723 e. The number of fused-ring (bicyclic) bond motifs is 4. The topological polar surface area (TPSA) is 38.0 Å². The van der Waals surface area contributed by atoms with Gasteiger partial charge in [-0.2, -0.15) is 0 Å². The van der Waals surface area contributed by atoms with E-state index in [4.69, 9.17) is 5.73 Å². The van der Waals surface area contributed by atoms with Gasteiger partial charge in [-0.3, -0.25) is 0 Å². The summed E-state index contributed by atoms with van der Waals surface area (Å²) in [6.07, 6.45) is 23.8. The van der Waals surface area contributed by atoms with Crippen LogP contribution in [0.25, 0.3) is 0 Å². The smallest absolute Gasteiger partial charge is 0.00723 e. The van der Waals surface area contributed by atoms with Crippen molar-refractivity contribution >= 4 is 24.8 Å². The summed E-state index contributed by atoms with van der Waals surface area (Å²) in [6, 6.07) is 0.766. The van der Waals surface area contributed by atoms with Crippen molar-refractivity contribution in [2.45, 2.75) is 123 Å². The molecule has 5 rings (SSSR count). The van der Waals surface area contributed by atoms with Crippen LogP contribution in [0, 0.1) is 59.2 Å². The molecule has 2 nitrogen and oxygen atoms in total. The molecule has 0 aromatic heterocycles. The Morgan fingerprint density at radius 1 is 0.657 bits per heavy atom. The van der Waals surface area contributed by atoms with Crippen LogP contribution in [0.4, 0.5) is 0 Å². The van der Waals surface area contributed by atoms with Gasteiger partial charge in [-0.15, -0.1) is 24.8 Å². The Labute approximate surface area is 230 Å². The molecule has 4 heteroatoms. The van der Waals surface area contributed by atoms with Crippen LogP contribution in [0.2, 0.25) is 0 Å². The molecule has 0 aliphatic heterocycles. The van der Waals surface area contributed by atoms with E-state index >= 15 is 0 Å². The van der Waals surface area contributed by atoms with Gasteiger partial charge in [0.15, 0.2) is 0 Å². The molecule has 5 aliphatic carbocycles. The summed E-state index contributed by atoms with van der Waals surface area (Å²) < 4.78 is 0. The zero-order valence-corrected chi connectivity index (χ0v) is 24.6. The van der Waals surface area contributed by atoms with Gasteiger partial charge in [0.25, 0.3) is 0 Å². The molecule has 8 unspecified atom stereocenters. The second-order valence-corrected chi connectivity index (χ2v) is 14.0. The minimum atomic E-state index is 0. The molecule has 3 N–H and O–H groups in total. The van der Waals surface area contributed by atoms with E-state index in [1.165, 1.54) is 57.9 Å². The minimum Gasteiger partial charge on any atom is -0.330 e. The number of hydrogen-bond acceptors (Lipinski definition) is 2. The molecule has 8 atom stereocenters. The first-order valence-corrected chi connectivity index (χ1v) is 15.5. The summed E-state index contributed by atoms with van der Waals surface area (Å²) in [5.74, 6) is 10.2. The Kier molecular flexibility index (Phi) is 12.1. The molecule has 0 amide bonds. The molecule has 0 spiro atoms. The molecule has 0 radical (unpaired) electrons. The predicted molar refractivity (Wildman–Crippen MR) is 155 cm³/mol. The average Bonchev–Trinajstić information content (AvgIpc) is 3.62. The third kappa shape index (κ3) is 7.54. The van der Waals surface area contributed by atoms with Gasteiger partial charge in [-0.1, -0.05) is 52.4 Å². The minimum absolute atomic E-state index is 0. The van der Waals surface area contributed by atoms with E-state index in [0.29, 0.717) is 0 Å². The second-order valence-electron chi connectivity index (χ2n) is 14.0. The van der Waals surface area contributed by atoms with Crippen molar-refractivity contribution in [3.8, 4) is 0 Å². The fraction of sp³-hybridized carbons (Fsp3) is 1.00. The molecule has 5 saturated carbocycles. The fourth-order valence-corrected chi connectivity index (χ4v) is 10.0. The van der Waals surface area contributed by atoms with E-state index in [2.05, 4.69) is 19.2 Å². The molecule has 206 valence electrons. The van der Waals surface area contributed by atoms with Crippen molar-refractivity contribution in [1.29, 1.82) is 0 Å². The van der Waals surface area contributed by atoms with Crippen LogP contribution in [0.3, 0.4) is 0 Å². The lowest BCUT2D eigenvalue weighted by molar-refractivity contribution is 0.176. The van der Waals surface area contributed by atoms with Gasteiger partial charge >= 0.3 is 0 Å². The lowest BCUT2D eigenvalue weighted by Crippen LogP contribution is -2.37. The standard InChI is InChI=1S/C31H56N2.2ClH/c1-21(30-19-25-7-9-27(30)17-25)15-29(16-22(2)31-20-26-8-10-28(31)18-26)33-14-12-24-5-3-23(4-6-24)11-13-32;;/h21-31,33H,3-20,32H2,1-2H3;2*1H. The Morgan fingerprint density at radius 2 is 1.14 bits per heavy atom. The van der Waals surface area contributed by atoms with Gasteiger partial charge < -0.3 is 11.1 Å². The first-order chi connectivity index (χ1) is 16.1. The van der Waals surface area contributed by atoms with Crippen molar-refractivity contribution in [1.82, 2.24) is 5.32 Å². The van der Waals surface area contributed by atoms with Crippen LogP contribution >= 0.6 is 24.8 Å². The van der Waals surface area contributed by atoms with Crippen molar-refractivity contribution in [3.05, 3.63) is 0 Å². The van der Waals surface area contributed by atoms with Crippen LogP contribution < -0.4 is 11.1 Å². The van der Waals surface area contributed by atoms with Crippen LogP contribution in [0.5, 0.6) is 0 Å². The van der Waals surface area contributed by atoms with E-state index in [-0.39, 0.29) is 24.8 Å². The highest BCUT2D eigenvalue weighted by Crippen LogP contribution is 2.53. The monoisotopic (exact) mass is 528 g/mol. The molecule has 5 aliphatic rings. The molecule has 0 heterocycles. The Bertz CT molecular complexity index is 571. The number of nitrogens with two attached hydrogens (primary N) is 1. The largest absolute Gasteiger partial charge is 0.330 e. The van der Waals surface area contributed by atoms with E-state index in [0.717, 1.165) is 71.8 Å². The summed E-state index contributed by atoms with van der Waals surface area (Å²) in [7, 11) is 0. The maximum absolute atomic E-state index is 5.81. The fourth-order valence-electron chi connectivity index (χ4n) is 10.0. The Hall–Kier alpha value is 0.500. The van der Waals surface area contributed by atoms with Gasteiger partial charge in [0.05, 0.1) is 0 Å². The molecule has 0 saturated heterocycles. The SMILES string of the molecule is CC(CC(CC(C)C1CC2CCC1C2)NCCC1CCC(CCN)CC1)C1CC2CCC1C2.Cl.Cl. The van der Waals surface area contributed by atoms with Gasteiger partial charge in [0.2, 0.25) is 0 Å². The van der Waals surface area contributed by atoms with Crippen molar-refractivity contribution in [2.24, 2.45) is 64.9 Å². The molecule has 5 fully saturated rings. The summed E-state index contributed by atoms with van der Waals surface area (Å²) in [4.78, 5) is 0. The average molecular weight is 530 g/mol. The lowest BCUT2D eigenvalue weighted by atomic mass is 9.74. The van der Waals surface area contributed by atoms with Gasteiger partial charge in [-0.05, 0) is 136 Å². The van der Waals surface area contributed by atoms with E-state index in [1.807, 2.05) is 0 Å². The number of halogens is 2. The third-order valence-electron chi connectivity index (χ3n) is 11.9. The number of nitrogens with one attached hydrogen (secondary N) is 1. The van der Waals surface area contributed by atoms with Crippen molar-refractivity contribution < 1.29 is 0 Å². The van der Waals surface area contributed by atoms with E-state index < -0.39 is 0 Å². The summed E-state index contributed by atoms with van der Waals surface area (Å²) in [5.41, 5.74) is 5.81. The van der Waals surface area contributed by atoms with E-state index in [9.17, 15) is 0 Å². The van der Waals surface area contributed by atoms with Crippen molar-refractivity contribution in [2.75, 3.05) is 13.1 Å². The first kappa shape index (κ1) is 30.0. The second kappa shape index (κ2) is 14.0. The van der Waals surface area contributed by atoms with Crippen LogP contribution in [-0.4, -0.2) is 19.1 Å². The summed E-state index contributed by atoms with van der Waals surface area (Å²) in [5, 5.41) is 4.18. The molecule has 35 heavy (non-hydrogen) atoms. The highest BCUT2D eigenvalue weighted by atomic mass is 35.5. The quantitative estimate of drug-likeness (QED) is 0.267. The van der Waals surface area contributed by atoms with Crippen molar-refractivity contribution in [3.63, 3.8) is 0 Å². The molecule has 4 bridgehead atoms. The third-order valence-corrected chi connectivity index (χ3v) is 11.9. The first-order valence-electron chi connectivity index (χ1n) is 15.5. The summed E-state index contributed by atoms with van der Waals surface area (Å²) in [6.45, 7) is 7.41. The number of hydrogen-bond donors (Lipinski definition) is 2. The van der Waals surface area contributed by atoms with Gasteiger partial charge in [-0.25, -0.2) is 0 Å². The highest BCUT2D eigenvalue weighted by Gasteiger charge is 2.44. The molecule has 0 aromatic rings. The molecular formula is C31H58Cl2N2. The van der Waals surface area contributed by atoms with Gasteiger partial charge in [0, 0.05) is 6.04 Å². The molecular weight excluding hydrogens is 471 g/mol. The normalized spacial score (nSPS) is 40.2. The Balaban J connectivity index is 0.00000171. The molecule has 0 aromatic carbocycles.